The number of amides is 2. The van der Waals surface area contributed by atoms with Crippen LogP contribution >= 0.6 is 11.3 Å². The van der Waals surface area contributed by atoms with Crippen LogP contribution in [-0.4, -0.2) is 70.7 Å². The van der Waals surface area contributed by atoms with Gasteiger partial charge in [-0.15, -0.1) is 10.2 Å². The minimum atomic E-state index is -3.83. The lowest BCUT2D eigenvalue weighted by Crippen LogP contribution is -2.50. The monoisotopic (exact) mass is 631 g/mol. The van der Waals surface area contributed by atoms with E-state index in [0.29, 0.717) is 38.3 Å². The highest BCUT2D eigenvalue weighted by Gasteiger charge is 2.26. The molecular formula is C30H33N9O3S2. The molecule has 0 aliphatic carbocycles. The number of rotatable bonds is 7. The molecular weight excluding hydrogens is 599 g/mol. The van der Waals surface area contributed by atoms with E-state index in [4.69, 9.17) is 0 Å². The fourth-order valence-electron chi connectivity index (χ4n) is 5.64. The van der Waals surface area contributed by atoms with Crippen LogP contribution in [0, 0.1) is 20.8 Å². The van der Waals surface area contributed by atoms with Gasteiger partial charge in [0.15, 0.2) is 0 Å². The lowest BCUT2D eigenvalue weighted by molar-refractivity contribution is 0.208. The van der Waals surface area contributed by atoms with Crippen LogP contribution in [0.15, 0.2) is 53.8 Å². The van der Waals surface area contributed by atoms with Crippen molar-refractivity contribution in [2.24, 2.45) is 0 Å². The normalized spacial score (nSPS) is 13.8. The van der Waals surface area contributed by atoms with Gasteiger partial charge in [0.2, 0.25) is 5.13 Å². The van der Waals surface area contributed by atoms with E-state index in [0.717, 1.165) is 27.4 Å². The number of sulfonamides is 1. The topological polar surface area (TPSA) is 149 Å². The molecule has 3 aromatic heterocycles. The number of aryl methyl sites for hydroxylation is 4. The van der Waals surface area contributed by atoms with E-state index in [1.807, 2.05) is 13.1 Å². The first-order valence-electron chi connectivity index (χ1n) is 14.3. The third-order valence-corrected chi connectivity index (χ3v) is 10.1. The molecule has 0 bridgehead atoms. The zero-order valence-corrected chi connectivity index (χ0v) is 26.5. The molecule has 0 spiro atoms. The largest absolute Gasteiger partial charge is 0.352 e. The van der Waals surface area contributed by atoms with Crippen LogP contribution in [0.25, 0.3) is 22.2 Å². The molecule has 228 valence electrons. The first kappa shape index (κ1) is 29.5. The van der Waals surface area contributed by atoms with Crippen molar-refractivity contribution in [1.29, 1.82) is 0 Å². The summed E-state index contributed by atoms with van der Waals surface area (Å²) in [6, 6.07) is 10.2. The van der Waals surface area contributed by atoms with Crippen LogP contribution in [0.5, 0.6) is 0 Å². The van der Waals surface area contributed by atoms with Gasteiger partial charge in [-0.3, -0.25) is 4.72 Å². The summed E-state index contributed by atoms with van der Waals surface area (Å²) in [6.07, 6.45) is 4.25. The van der Waals surface area contributed by atoms with Gasteiger partial charge in [-0.2, -0.15) is 0 Å². The number of carbonyl (C=O) groups is 1. The zero-order chi connectivity index (χ0) is 31.0. The Morgan fingerprint density at radius 1 is 1.00 bits per heavy atom. The first-order chi connectivity index (χ1) is 21.1. The van der Waals surface area contributed by atoms with E-state index in [-0.39, 0.29) is 16.1 Å². The van der Waals surface area contributed by atoms with E-state index in [2.05, 4.69) is 73.0 Å². The lowest BCUT2D eigenvalue weighted by Gasteiger charge is -2.35. The summed E-state index contributed by atoms with van der Waals surface area (Å²) in [5.41, 5.74) is 7.14. The molecule has 1 fully saturated rings. The van der Waals surface area contributed by atoms with Crippen LogP contribution in [0.3, 0.4) is 0 Å². The van der Waals surface area contributed by atoms with Gasteiger partial charge >= 0.3 is 6.03 Å². The number of benzene rings is 2. The van der Waals surface area contributed by atoms with Crippen molar-refractivity contribution in [3.63, 3.8) is 0 Å². The number of hydrogen-bond acceptors (Lipinski definition) is 9. The van der Waals surface area contributed by atoms with E-state index >= 15 is 0 Å². The Balaban J connectivity index is 1.12. The molecule has 3 N–H and O–H groups in total. The van der Waals surface area contributed by atoms with Gasteiger partial charge in [0.25, 0.3) is 10.0 Å². The molecule has 1 aliphatic rings. The number of aromatic nitrogens is 5. The van der Waals surface area contributed by atoms with Crippen LogP contribution in [0.2, 0.25) is 0 Å². The SMILES string of the molecule is CCc1nnc(NS(=O)(=O)c2ccc(NC(=O)N3CCN(c4ncnc5[nH]cc(-c6c(C)cc(C)cc6C)c45)CC3)cc2)s1. The van der Waals surface area contributed by atoms with E-state index in [1.165, 1.54) is 45.7 Å². The second kappa shape index (κ2) is 11.8. The average Bonchev–Trinajstić information content (AvgIpc) is 3.64. The summed E-state index contributed by atoms with van der Waals surface area (Å²) in [6.45, 7) is 10.5. The molecule has 44 heavy (non-hydrogen) atoms. The maximum Gasteiger partial charge on any atom is 0.321 e. The number of hydrogen-bond donors (Lipinski definition) is 3. The van der Waals surface area contributed by atoms with Crippen molar-refractivity contribution in [1.82, 2.24) is 30.0 Å². The fourth-order valence-corrected chi connectivity index (χ4v) is 7.55. The molecule has 5 aromatic rings. The first-order valence-corrected chi connectivity index (χ1v) is 16.6. The molecule has 1 aliphatic heterocycles. The van der Waals surface area contributed by atoms with Crippen molar-refractivity contribution in [3.8, 4) is 11.1 Å². The number of urea groups is 1. The molecule has 2 amide bonds. The Morgan fingerprint density at radius 2 is 1.70 bits per heavy atom. The van der Waals surface area contributed by atoms with E-state index in [9.17, 15) is 13.2 Å². The van der Waals surface area contributed by atoms with Gasteiger partial charge in [0.1, 0.15) is 22.8 Å². The molecule has 12 nitrogen and oxygen atoms in total. The Labute approximate surface area is 259 Å². The van der Waals surface area contributed by atoms with Crippen LogP contribution in [0.1, 0.15) is 28.6 Å². The average molecular weight is 632 g/mol. The molecule has 6 rings (SSSR count). The Hall–Kier alpha value is -4.56. The highest BCUT2D eigenvalue weighted by atomic mass is 32.2. The van der Waals surface area contributed by atoms with E-state index in [1.54, 1.807) is 23.4 Å². The van der Waals surface area contributed by atoms with Crippen molar-refractivity contribution >= 4 is 55.1 Å². The molecule has 4 heterocycles. The van der Waals surface area contributed by atoms with Gasteiger partial charge in [-0.25, -0.2) is 23.2 Å². The number of nitrogens with one attached hydrogen (secondary N) is 3. The summed E-state index contributed by atoms with van der Waals surface area (Å²) < 4.78 is 28.0. The predicted octanol–water partition coefficient (Wildman–Crippen LogP) is 5.12. The second-order valence-corrected chi connectivity index (χ2v) is 13.5. The molecule has 0 atom stereocenters. The van der Waals surface area contributed by atoms with E-state index < -0.39 is 10.0 Å². The van der Waals surface area contributed by atoms with Crippen molar-refractivity contribution < 1.29 is 13.2 Å². The third-order valence-electron chi connectivity index (χ3n) is 7.67. The van der Waals surface area contributed by atoms with Crippen LogP contribution in [0.4, 0.5) is 21.4 Å². The Morgan fingerprint density at radius 3 is 2.36 bits per heavy atom. The molecule has 14 heteroatoms. The maximum atomic E-state index is 13.1. The Bertz CT molecular complexity index is 1920. The lowest BCUT2D eigenvalue weighted by atomic mass is 9.94. The predicted molar refractivity (Wildman–Crippen MR) is 173 cm³/mol. The molecule has 2 aromatic carbocycles. The standard InChI is InChI=1S/C30H33N9O3S2/c1-5-24-35-36-29(43-24)37-44(41,42)22-8-6-21(7-9-22)34-30(40)39-12-10-38(11-13-39)28-26-23(16-31-27(26)32-17-33-28)25-19(3)14-18(2)15-20(25)4/h6-9,14-17H,5,10-13H2,1-4H3,(H,34,40)(H,36,37)(H,31,32,33). The summed E-state index contributed by atoms with van der Waals surface area (Å²) in [4.78, 5) is 29.6. The van der Waals surface area contributed by atoms with Crippen LogP contribution < -0.4 is 14.9 Å². The third kappa shape index (κ3) is 5.82. The number of aromatic amines is 1. The number of fused-ring (bicyclic) bond motifs is 1. The maximum absolute atomic E-state index is 13.1. The number of carbonyl (C=O) groups excluding carboxylic acids is 1. The minimum absolute atomic E-state index is 0.0636. The summed E-state index contributed by atoms with van der Waals surface area (Å²) >= 11 is 1.20. The number of piperazine rings is 1. The number of nitrogens with zero attached hydrogens (tertiary/aromatic N) is 6. The Kier molecular flexibility index (Phi) is 7.95. The van der Waals surface area contributed by atoms with Gasteiger partial charge in [0, 0.05) is 43.6 Å². The van der Waals surface area contributed by atoms with Crippen molar-refractivity contribution in [2.45, 2.75) is 39.0 Å². The number of anilines is 3. The van der Waals surface area contributed by atoms with Gasteiger partial charge < -0.3 is 20.1 Å². The zero-order valence-electron chi connectivity index (χ0n) is 24.9. The second-order valence-electron chi connectivity index (χ2n) is 10.8. The molecule has 0 saturated carbocycles. The quantitative estimate of drug-likeness (QED) is 0.224. The minimum Gasteiger partial charge on any atom is -0.352 e. The highest BCUT2D eigenvalue weighted by molar-refractivity contribution is 7.93. The van der Waals surface area contributed by atoms with Gasteiger partial charge in [-0.1, -0.05) is 36.0 Å². The van der Waals surface area contributed by atoms with Crippen LogP contribution in [-0.2, 0) is 16.4 Å². The summed E-state index contributed by atoms with van der Waals surface area (Å²) in [7, 11) is -3.83. The fraction of sp³-hybridized carbons (Fsp3) is 0.300. The smallest absolute Gasteiger partial charge is 0.321 e. The van der Waals surface area contributed by atoms with Gasteiger partial charge in [-0.05, 0) is 68.1 Å². The molecule has 0 unspecified atom stereocenters. The van der Waals surface area contributed by atoms with Crippen molar-refractivity contribution in [3.05, 3.63) is 70.6 Å². The summed E-state index contributed by atoms with van der Waals surface area (Å²) in [5, 5.41) is 12.6. The van der Waals surface area contributed by atoms with Gasteiger partial charge in [0.05, 0.1) is 10.3 Å². The summed E-state index contributed by atoms with van der Waals surface area (Å²) in [5.74, 6) is 0.843. The molecule has 0 radical (unpaired) electrons. The molecule has 1 saturated heterocycles. The highest BCUT2D eigenvalue weighted by Crippen LogP contribution is 2.37. The number of H-pyrrole nitrogens is 1. The van der Waals surface area contributed by atoms with Crippen molar-refractivity contribution in [2.75, 3.05) is 41.1 Å².